The molecule has 5 fully saturated rings. The average Bonchev–Trinajstić information content (AvgIpc) is 3.09. The highest BCUT2D eigenvalue weighted by molar-refractivity contribution is 5.84. The topological polar surface area (TPSA) is 90.1 Å². The largest absolute Gasteiger partial charge is 0.387 e. The van der Waals surface area contributed by atoms with Crippen molar-refractivity contribution < 1.29 is 14.6 Å². The average molecular weight is 465 g/mol. The minimum absolute atomic E-state index is 0.0597. The van der Waals surface area contributed by atoms with Crippen LogP contribution in [-0.2, 0) is 16.1 Å². The monoisotopic (exact) mass is 464 g/mol. The minimum Gasteiger partial charge on any atom is -0.387 e. The SMILES string of the molecule is COC1C2[C@@H]3CC[C@@H]4[C@H](CC[C@]5(C)[C@@H](C(=O)Cn6nnc7ccncc76)CC[C@@H]45)[C@H]3CC[C@]12O. The van der Waals surface area contributed by atoms with Crippen molar-refractivity contribution in [3.05, 3.63) is 18.5 Å². The van der Waals surface area contributed by atoms with Crippen LogP contribution >= 0.6 is 0 Å². The Balaban J connectivity index is 1.09. The van der Waals surface area contributed by atoms with Crippen molar-refractivity contribution in [2.24, 2.45) is 46.8 Å². The lowest BCUT2D eigenvalue weighted by Gasteiger charge is -2.55. The summed E-state index contributed by atoms with van der Waals surface area (Å²) in [5, 5.41) is 19.5. The molecule has 5 aliphatic carbocycles. The smallest absolute Gasteiger partial charge is 0.157 e. The predicted molar refractivity (Wildman–Crippen MR) is 126 cm³/mol. The molecule has 0 radical (unpaired) electrons. The van der Waals surface area contributed by atoms with Crippen molar-refractivity contribution in [2.75, 3.05) is 7.11 Å². The van der Waals surface area contributed by atoms with E-state index in [1.165, 1.54) is 25.7 Å². The number of hydrogen-bond acceptors (Lipinski definition) is 6. The molecular formula is C27H36N4O3. The van der Waals surface area contributed by atoms with Gasteiger partial charge in [0, 0.05) is 25.1 Å². The van der Waals surface area contributed by atoms with Crippen LogP contribution in [0.3, 0.4) is 0 Å². The minimum atomic E-state index is -0.544. The Morgan fingerprint density at radius 3 is 2.76 bits per heavy atom. The molecule has 0 bridgehead atoms. The number of hydrogen-bond donors (Lipinski definition) is 1. The molecule has 2 aromatic rings. The molecule has 34 heavy (non-hydrogen) atoms. The lowest BCUT2D eigenvalue weighted by molar-refractivity contribution is -0.131. The van der Waals surface area contributed by atoms with Crippen LogP contribution in [0, 0.1) is 46.8 Å². The summed E-state index contributed by atoms with van der Waals surface area (Å²) in [6.07, 6.45) is 12.6. The van der Waals surface area contributed by atoms with E-state index in [4.69, 9.17) is 4.74 Å². The summed E-state index contributed by atoms with van der Waals surface area (Å²) in [5.41, 5.74) is 1.19. The van der Waals surface area contributed by atoms with E-state index in [1.54, 1.807) is 24.2 Å². The van der Waals surface area contributed by atoms with Gasteiger partial charge >= 0.3 is 0 Å². The van der Waals surface area contributed by atoms with E-state index in [0.29, 0.717) is 30.1 Å². The van der Waals surface area contributed by atoms with Crippen LogP contribution in [0.15, 0.2) is 18.5 Å². The van der Waals surface area contributed by atoms with Gasteiger partial charge in [0.25, 0.3) is 0 Å². The molecular weight excluding hydrogens is 428 g/mol. The van der Waals surface area contributed by atoms with Crippen molar-refractivity contribution in [3.8, 4) is 0 Å². The number of rotatable bonds is 4. The number of aliphatic hydroxyl groups is 1. The zero-order valence-electron chi connectivity index (χ0n) is 20.3. The van der Waals surface area contributed by atoms with Gasteiger partial charge in [-0.2, -0.15) is 0 Å². The summed E-state index contributed by atoms with van der Waals surface area (Å²) in [7, 11) is 1.77. The quantitative estimate of drug-likeness (QED) is 0.743. The number of ether oxygens (including phenoxy) is 1. The highest BCUT2D eigenvalue weighted by Gasteiger charge is 2.72. The van der Waals surface area contributed by atoms with Crippen LogP contribution < -0.4 is 0 Å². The third-order valence-corrected chi connectivity index (χ3v) is 11.3. The highest BCUT2D eigenvalue weighted by Crippen LogP contribution is 2.69. The second kappa shape index (κ2) is 7.33. The third-order valence-electron chi connectivity index (χ3n) is 11.3. The second-order valence-electron chi connectivity index (χ2n) is 12.3. The highest BCUT2D eigenvalue weighted by atomic mass is 16.5. The zero-order valence-corrected chi connectivity index (χ0v) is 20.3. The van der Waals surface area contributed by atoms with Gasteiger partial charge in [0.15, 0.2) is 5.78 Å². The van der Waals surface area contributed by atoms with Crippen molar-refractivity contribution in [2.45, 2.75) is 76.5 Å². The molecule has 10 atom stereocenters. The number of fused-ring (bicyclic) bond motifs is 8. The number of nitrogens with zero attached hydrogens (tertiary/aromatic N) is 4. The predicted octanol–water partition coefficient (Wildman–Crippen LogP) is 3.65. The Morgan fingerprint density at radius 2 is 1.91 bits per heavy atom. The first kappa shape index (κ1) is 21.4. The molecule has 5 aliphatic rings. The molecule has 0 aliphatic heterocycles. The summed E-state index contributed by atoms with van der Waals surface area (Å²) >= 11 is 0. The fourth-order valence-electron chi connectivity index (χ4n) is 9.84. The summed E-state index contributed by atoms with van der Waals surface area (Å²) in [6, 6.07) is 1.84. The molecule has 2 unspecified atom stereocenters. The number of pyridine rings is 1. The standard InChI is InChI=1S/C27H36N4O3/c1-26-10-7-15-16-8-11-27(33)24(25(27)34-2)18(16)4-3-17(15)19(26)5-6-20(26)23(32)14-31-22-13-28-12-9-21(22)29-30-31/h9,12-13,15-20,24-25,33H,3-8,10-11,14H2,1-2H3/t15-,16-,17-,18-,19+,20-,24?,25?,26+,27-/m1/s1. The number of ketones is 1. The Kier molecular flexibility index (Phi) is 4.62. The molecule has 7 nitrogen and oxygen atoms in total. The number of methoxy groups -OCH3 is 1. The molecule has 1 N–H and O–H groups in total. The normalized spacial score (nSPS) is 46.9. The molecule has 2 heterocycles. The van der Waals surface area contributed by atoms with E-state index in [0.717, 1.165) is 54.5 Å². The fraction of sp³-hybridized carbons (Fsp3) is 0.778. The molecule has 0 amide bonds. The zero-order chi connectivity index (χ0) is 23.2. The van der Waals surface area contributed by atoms with Crippen LogP contribution in [0.4, 0.5) is 0 Å². The second-order valence-corrected chi connectivity index (χ2v) is 12.3. The van der Waals surface area contributed by atoms with E-state index >= 15 is 0 Å². The van der Waals surface area contributed by atoms with Crippen molar-refractivity contribution >= 4 is 16.8 Å². The third kappa shape index (κ3) is 2.77. The molecule has 0 aromatic carbocycles. The maximum Gasteiger partial charge on any atom is 0.157 e. The Hall–Kier alpha value is -1.86. The van der Waals surface area contributed by atoms with Gasteiger partial charge in [-0.3, -0.25) is 9.78 Å². The fourth-order valence-corrected chi connectivity index (χ4v) is 9.84. The van der Waals surface area contributed by atoms with Gasteiger partial charge in [0.05, 0.1) is 17.9 Å². The van der Waals surface area contributed by atoms with E-state index in [-0.39, 0.29) is 17.4 Å². The number of carbonyl (C=O) groups excluding carboxylic acids is 1. The van der Waals surface area contributed by atoms with E-state index < -0.39 is 5.60 Å². The first-order valence-electron chi connectivity index (χ1n) is 13.4. The first-order valence-corrected chi connectivity index (χ1v) is 13.4. The first-order chi connectivity index (χ1) is 16.5. The summed E-state index contributed by atoms with van der Waals surface area (Å²) in [6.45, 7) is 2.71. The summed E-state index contributed by atoms with van der Waals surface area (Å²) in [4.78, 5) is 17.8. The van der Waals surface area contributed by atoms with Gasteiger partial charge in [0.1, 0.15) is 17.6 Å². The van der Waals surface area contributed by atoms with Gasteiger partial charge in [-0.15, -0.1) is 5.10 Å². The van der Waals surface area contributed by atoms with Gasteiger partial charge in [-0.05, 0) is 92.4 Å². The summed E-state index contributed by atoms with van der Waals surface area (Å²) in [5.74, 6) is 4.30. The van der Waals surface area contributed by atoms with Crippen LogP contribution in [0.2, 0.25) is 0 Å². The van der Waals surface area contributed by atoms with Gasteiger partial charge in [0.2, 0.25) is 0 Å². The number of Topliss-reactive ketones (excluding diaryl/α,β-unsaturated/α-hetero) is 1. The molecule has 7 rings (SSSR count). The maximum atomic E-state index is 13.6. The Bertz CT molecular complexity index is 1130. The number of aromatic nitrogens is 4. The molecule has 0 spiro atoms. The van der Waals surface area contributed by atoms with Crippen LogP contribution in [0.25, 0.3) is 11.0 Å². The van der Waals surface area contributed by atoms with Crippen molar-refractivity contribution in [1.82, 2.24) is 20.0 Å². The molecule has 0 saturated heterocycles. The van der Waals surface area contributed by atoms with Crippen LogP contribution in [0.5, 0.6) is 0 Å². The summed E-state index contributed by atoms with van der Waals surface area (Å²) < 4.78 is 7.43. The van der Waals surface area contributed by atoms with Gasteiger partial charge < -0.3 is 9.84 Å². The Labute approximate surface area is 200 Å². The van der Waals surface area contributed by atoms with Gasteiger partial charge in [-0.1, -0.05) is 12.1 Å². The molecule has 5 saturated carbocycles. The lowest BCUT2D eigenvalue weighted by Crippen LogP contribution is -2.50. The van der Waals surface area contributed by atoms with Crippen LogP contribution in [-0.4, -0.2) is 49.7 Å². The molecule has 2 aromatic heterocycles. The maximum absolute atomic E-state index is 13.6. The van der Waals surface area contributed by atoms with E-state index in [9.17, 15) is 9.90 Å². The molecule has 182 valence electrons. The Morgan fingerprint density at radius 1 is 1.12 bits per heavy atom. The molecule has 7 heteroatoms. The van der Waals surface area contributed by atoms with E-state index in [2.05, 4.69) is 22.2 Å². The van der Waals surface area contributed by atoms with E-state index in [1.807, 2.05) is 6.07 Å². The van der Waals surface area contributed by atoms with Gasteiger partial charge in [-0.25, -0.2) is 4.68 Å². The number of carbonyl (C=O) groups is 1. The van der Waals surface area contributed by atoms with Crippen molar-refractivity contribution in [1.29, 1.82) is 0 Å². The van der Waals surface area contributed by atoms with Crippen LogP contribution in [0.1, 0.15) is 58.3 Å². The lowest BCUT2D eigenvalue weighted by atomic mass is 9.49. The van der Waals surface area contributed by atoms with Crippen molar-refractivity contribution in [3.63, 3.8) is 0 Å².